The van der Waals surface area contributed by atoms with Crippen LogP contribution in [-0.2, 0) is 11.3 Å². The minimum atomic E-state index is -0.624. The lowest BCUT2D eigenvalue weighted by Gasteiger charge is -2.35. The first-order chi connectivity index (χ1) is 8.51. The molecule has 1 aromatic rings. The molecule has 0 aromatic carbocycles. The van der Waals surface area contributed by atoms with Gasteiger partial charge in [-0.05, 0) is 40.9 Å². The molecule has 19 heavy (non-hydrogen) atoms. The molecule has 0 aliphatic heterocycles. The van der Waals surface area contributed by atoms with Crippen LogP contribution in [0.2, 0.25) is 0 Å². The Balaban J connectivity index is 0.00000180. The van der Waals surface area contributed by atoms with Crippen molar-refractivity contribution in [2.24, 2.45) is 5.73 Å². The zero-order chi connectivity index (χ0) is 13.2. The first-order valence-corrected chi connectivity index (χ1v) is 7.91. The Morgan fingerprint density at radius 1 is 1.42 bits per heavy atom. The van der Waals surface area contributed by atoms with Crippen LogP contribution in [0.3, 0.4) is 0 Å². The summed E-state index contributed by atoms with van der Waals surface area (Å²) in [6.07, 6.45) is 4.99. The van der Waals surface area contributed by atoms with E-state index in [-0.39, 0.29) is 18.3 Å². The third kappa shape index (κ3) is 4.18. The largest absolute Gasteiger partial charge is 0.339 e. The minimum absolute atomic E-state index is 0. The van der Waals surface area contributed by atoms with Crippen LogP contribution in [0.25, 0.3) is 0 Å². The molecule has 0 bridgehead atoms. The van der Waals surface area contributed by atoms with Gasteiger partial charge in [-0.1, -0.05) is 19.3 Å². The van der Waals surface area contributed by atoms with Crippen LogP contribution in [0.15, 0.2) is 15.9 Å². The average molecular weight is 368 g/mol. The maximum atomic E-state index is 12.4. The van der Waals surface area contributed by atoms with Gasteiger partial charge in [-0.15, -0.1) is 23.7 Å². The molecular formula is C13H20BrClN2OS. The van der Waals surface area contributed by atoms with Gasteiger partial charge in [-0.3, -0.25) is 4.79 Å². The van der Waals surface area contributed by atoms with Gasteiger partial charge in [0.05, 0.1) is 15.9 Å². The Bertz CT molecular complexity index is 432. The molecule has 1 fully saturated rings. The molecule has 2 rings (SSSR count). The van der Waals surface area contributed by atoms with Crippen LogP contribution in [0, 0.1) is 0 Å². The van der Waals surface area contributed by atoms with E-state index in [2.05, 4.69) is 15.9 Å². The Hall–Kier alpha value is -0.100. The minimum Gasteiger partial charge on any atom is -0.339 e. The van der Waals surface area contributed by atoms with Crippen molar-refractivity contribution < 1.29 is 4.79 Å². The van der Waals surface area contributed by atoms with Crippen LogP contribution < -0.4 is 5.73 Å². The van der Waals surface area contributed by atoms with Crippen LogP contribution >= 0.6 is 39.7 Å². The maximum absolute atomic E-state index is 12.4. The number of halogens is 2. The molecule has 1 aromatic heterocycles. The van der Waals surface area contributed by atoms with Crippen molar-refractivity contribution in [2.45, 2.75) is 44.2 Å². The number of nitrogens with two attached hydrogens (primary N) is 1. The highest BCUT2D eigenvalue weighted by atomic mass is 79.9. The summed E-state index contributed by atoms with van der Waals surface area (Å²) >= 11 is 5.10. The van der Waals surface area contributed by atoms with Gasteiger partial charge in [0, 0.05) is 11.9 Å². The summed E-state index contributed by atoms with van der Waals surface area (Å²) in [6, 6.07) is 4.06. The molecule has 0 unspecified atom stereocenters. The van der Waals surface area contributed by atoms with Crippen LogP contribution in [0.1, 0.15) is 37.0 Å². The molecule has 0 atom stereocenters. The molecule has 0 spiro atoms. The summed E-state index contributed by atoms with van der Waals surface area (Å²) in [5.41, 5.74) is 5.64. The Labute approximate surface area is 133 Å². The van der Waals surface area contributed by atoms with Gasteiger partial charge in [0.2, 0.25) is 5.91 Å². The number of amides is 1. The molecule has 1 aliphatic rings. The van der Waals surface area contributed by atoms with Crippen molar-refractivity contribution in [2.75, 3.05) is 7.05 Å². The number of likely N-dealkylation sites (N-methyl/N-ethyl adjacent to an activating group) is 1. The third-order valence-corrected chi connectivity index (χ3v) is 5.15. The smallest absolute Gasteiger partial charge is 0.242 e. The fraction of sp³-hybridized carbons (Fsp3) is 0.615. The maximum Gasteiger partial charge on any atom is 0.242 e. The fourth-order valence-corrected chi connectivity index (χ4v) is 4.06. The lowest BCUT2D eigenvalue weighted by Crippen LogP contribution is -2.55. The van der Waals surface area contributed by atoms with E-state index in [1.54, 1.807) is 16.2 Å². The second-order valence-electron chi connectivity index (χ2n) is 5.08. The van der Waals surface area contributed by atoms with Gasteiger partial charge in [0.1, 0.15) is 0 Å². The molecule has 6 heteroatoms. The quantitative estimate of drug-likeness (QED) is 0.888. The Morgan fingerprint density at radius 3 is 2.58 bits per heavy atom. The molecule has 1 amide bonds. The zero-order valence-corrected chi connectivity index (χ0v) is 14.2. The van der Waals surface area contributed by atoms with E-state index < -0.39 is 5.54 Å². The number of hydrogen-bond donors (Lipinski definition) is 1. The predicted octanol–water partition coefficient (Wildman–Crippen LogP) is 3.55. The first-order valence-electron chi connectivity index (χ1n) is 6.30. The van der Waals surface area contributed by atoms with Crippen LogP contribution in [0.4, 0.5) is 0 Å². The van der Waals surface area contributed by atoms with Gasteiger partial charge in [0.15, 0.2) is 0 Å². The normalized spacial score (nSPS) is 17.6. The monoisotopic (exact) mass is 366 g/mol. The van der Waals surface area contributed by atoms with Gasteiger partial charge in [-0.25, -0.2) is 0 Å². The molecule has 0 saturated heterocycles. The molecule has 0 radical (unpaired) electrons. The Kier molecular flexibility index (Phi) is 6.30. The van der Waals surface area contributed by atoms with Gasteiger partial charge in [-0.2, -0.15) is 0 Å². The van der Waals surface area contributed by atoms with E-state index in [0.717, 1.165) is 29.5 Å². The highest BCUT2D eigenvalue weighted by molar-refractivity contribution is 9.11. The topological polar surface area (TPSA) is 46.3 Å². The second kappa shape index (κ2) is 7.07. The number of carbonyl (C=O) groups is 1. The van der Waals surface area contributed by atoms with E-state index in [9.17, 15) is 4.79 Å². The van der Waals surface area contributed by atoms with Gasteiger partial charge >= 0.3 is 0 Å². The summed E-state index contributed by atoms with van der Waals surface area (Å²) in [5.74, 6) is 0.0896. The molecular weight excluding hydrogens is 348 g/mol. The Morgan fingerprint density at radius 2 is 2.05 bits per heavy atom. The fourth-order valence-electron chi connectivity index (χ4n) is 2.52. The van der Waals surface area contributed by atoms with Crippen molar-refractivity contribution in [3.63, 3.8) is 0 Å². The van der Waals surface area contributed by atoms with Gasteiger partial charge in [0.25, 0.3) is 0 Å². The summed E-state index contributed by atoms with van der Waals surface area (Å²) in [6.45, 7) is 0.647. The van der Waals surface area contributed by atoms with Gasteiger partial charge < -0.3 is 10.6 Å². The van der Waals surface area contributed by atoms with E-state index in [4.69, 9.17) is 5.73 Å². The molecule has 1 aliphatic carbocycles. The van der Waals surface area contributed by atoms with Crippen LogP contribution in [0.5, 0.6) is 0 Å². The number of rotatable bonds is 3. The predicted molar refractivity (Wildman–Crippen MR) is 85.7 cm³/mol. The van der Waals surface area contributed by atoms with Crippen molar-refractivity contribution >= 4 is 45.6 Å². The summed E-state index contributed by atoms with van der Waals surface area (Å²) in [5, 5.41) is 0. The second-order valence-corrected chi connectivity index (χ2v) is 7.63. The van der Waals surface area contributed by atoms with Crippen molar-refractivity contribution in [1.29, 1.82) is 0 Å². The lowest BCUT2D eigenvalue weighted by molar-refractivity contribution is -0.137. The molecule has 1 heterocycles. The zero-order valence-electron chi connectivity index (χ0n) is 11.0. The molecule has 3 nitrogen and oxygen atoms in total. The highest BCUT2D eigenvalue weighted by Crippen LogP contribution is 2.29. The molecule has 108 valence electrons. The van der Waals surface area contributed by atoms with Crippen LogP contribution in [-0.4, -0.2) is 23.4 Å². The third-order valence-electron chi connectivity index (χ3n) is 3.54. The number of nitrogens with zero attached hydrogens (tertiary/aromatic N) is 1. The van der Waals surface area contributed by atoms with Crippen molar-refractivity contribution in [3.8, 4) is 0 Å². The van der Waals surface area contributed by atoms with Crippen molar-refractivity contribution in [3.05, 3.63) is 20.8 Å². The number of hydrogen-bond acceptors (Lipinski definition) is 3. The summed E-state index contributed by atoms with van der Waals surface area (Å²) in [4.78, 5) is 15.4. The summed E-state index contributed by atoms with van der Waals surface area (Å²) in [7, 11) is 1.85. The van der Waals surface area contributed by atoms with E-state index in [1.807, 2.05) is 19.2 Å². The molecule has 2 N–H and O–H groups in total. The molecule has 1 saturated carbocycles. The highest BCUT2D eigenvalue weighted by Gasteiger charge is 2.37. The first kappa shape index (κ1) is 17.0. The SMILES string of the molecule is CN(Cc1ccc(Br)s1)C(=O)C1(N)CCCCC1.Cl. The van der Waals surface area contributed by atoms with E-state index in [0.29, 0.717) is 6.54 Å². The lowest BCUT2D eigenvalue weighted by atomic mass is 9.81. The standard InChI is InChI=1S/C13H19BrN2OS.ClH/c1-16(9-10-5-6-11(14)18-10)12(17)13(15)7-3-2-4-8-13;/h5-6H,2-4,7-9,15H2,1H3;1H. The van der Waals surface area contributed by atoms with Crippen molar-refractivity contribution in [1.82, 2.24) is 4.90 Å². The van der Waals surface area contributed by atoms with E-state index in [1.165, 1.54) is 11.3 Å². The summed E-state index contributed by atoms with van der Waals surface area (Å²) < 4.78 is 1.10. The number of carbonyl (C=O) groups excluding carboxylic acids is 1. The van der Waals surface area contributed by atoms with E-state index >= 15 is 0 Å². The average Bonchev–Trinajstić information content (AvgIpc) is 2.74. The number of thiophene rings is 1.